The minimum atomic E-state index is 0.141. The largest absolute Gasteiger partial charge is 0.377 e. The van der Waals surface area contributed by atoms with E-state index >= 15 is 0 Å². The summed E-state index contributed by atoms with van der Waals surface area (Å²) in [6, 6.07) is 8.61. The molecule has 0 saturated carbocycles. The van der Waals surface area contributed by atoms with E-state index in [-0.39, 0.29) is 12.1 Å². The zero-order valence-electron chi connectivity index (χ0n) is 10.6. The molecule has 0 aromatic heterocycles. The fourth-order valence-electron chi connectivity index (χ4n) is 1.63. The van der Waals surface area contributed by atoms with Gasteiger partial charge in [-0.3, -0.25) is 0 Å². The van der Waals surface area contributed by atoms with Gasteiger partial charge in [-0.25, -0.2) is 0 Å². The van der Waals surface area contributed by atoms with Crippen molar-refractivity contribution in [3.05, 3.63) is 35.4 Å². The number of ether oxygens (including phenoxy) is 1. The first-order valence-corrected chi connectivity index (χ1v) is 6.01. The first-order chi connectivity index (χ1) is 7.59. The van der Waals surface area contributed by atoms with Gasteiger partial charge < -0.3 is 10.5 Å². The third kappa shape index (κ3) is 4.77. The quantitative estimate of drug-likeness (QED) is 0.801. The van der Waals surface area contributed by atoms with Crippen molar-refractivity contribution in [3.8, 4) is 0 Å². The summed E-state index contributed by atoms with van der Waals surface area (Å²) in [7, 11) is 0. The van der Waals surface area contributed by atoms with Gasteiger partial charge in [0.05, 0.1) is 12.7 Å². The number of nitrogens with two attached hydrogens (primary N) is 1. The van der Waals surface area contributed by atoms with Gasteiger partial charge in [0.15, 0.2) is 0 Å². The minimum Gasteiger partial charge on any atom is -0.377 e. The molecule has 0 fully saturated rings. The maximum Gasteiger partial charge on any atom is 0.0621 e. The number of aryl methyl sites for hydroxylation is 2. The molecule has 0 heterocycles. The first-order valence-electron chi connectivity index (χ1n) is 6.01. The third-order valence-electron chi connectivity index (χ3n) is 2.69. The third-order valence-corrected chi connectivity index (χ3v) is 2.69. The molecular formula is C14H23NO. The summed E-state index contributed by atoms with van der Waals surface area (Å²) in [4.78, 5) is 0. The van der Waals surface area contributed by atoms with Crippen LogP contribution < -0.4 is 5.73 Å². The van der Waals surface area contributed by atoms with Gasteiger partial charge in [0, 0.05) is 6.04 Å². The van der Waals surface area contributed by atoms with Crippen molar-refractivity contribution in [1.29, 1.82) is 0 Å². The second kappa shape index (κ2) is 6.66. The van der Waals surface area contributed by atoms with Gasteiger partial charge in [-0.05, 0) is 44.7 Å². The number of benzene rings is 1. The van der Waals surface area contributed by atoms with E-state index in [2.05, 4.69) is 31.2 Å². The molecule has 0 aliphatic carbocycles. The molecule has 90 valence electrons. The molecule has 0 aliphatic rings. The molecule has 1 atom stereocenters. The van der Waals surface area contributed by atoms with Gasteiger partial charge in [0.1, 0.15) is 0 Å². The summed E-state index contributed by atoms with van der Waals surface area (Å²) in [5, 5.41) is 0. The Balaban J connectivity index is 2.31. The fourth-order valence-corrected chi connectivity index (χ4v) is 1.63. The van der Waals surface area contributed by atoms with Crippen LogP contribution in [0.3, 0.4) is 0 Å². The molecule has 0 radical (unpaired) electrons. The average Bonchev–Trinajstić information content (AvgIpc) is 2.25. The van der Waals surface area contributed by atoms with E-state index in [4.69, 9.17) is 10.5 Å². The second-order valence-electron chi connectivity index (χ2n) is 4.61. The van der Waals surface area contributed by atoms with Crippen LogP contribution >= 0.6 is 0 Å². The van der Waals surface area contributed by atoms with Crippen LogP contribution in [-0.4, -0.2) is 18.8 Å². The van der Waals surface area contributed by atoms with E-state index in [0.717, 1.165) is 12.8 Å². The van der Waals surface area contributed by atoms with E-state index in [1.807, 2.05) is 13.8 Å². The predicted octanol–water partition coefficient (Wildman–Crippen LogP) is 2.68. The zero-order chi connectivity index (χ0) is 12.0. The lowest BCUT2D eigenvalue weighted by Gasteiger charge is -2.14. The van der Waals surface area contributed by atoms with Gasteiger partial charge in [0.25, 0.3) is 0 Å². The van der Waals surface area contributed by atoms with Gasteiger partial charge in [0.2, 0.25) is 0 Å². The lowest BCUT2D eigenvalue weighted by molar-refractivity contribution is 0.0670. The molecule has 16 heavy (non-hydrogen) atoms. The Kier molecular flexibility index (Phi) is 5.50. The molecule has 1 aromatic rings. The van der Waals surface area contributed by atoms with Crippen LogP contribution in [0, 0.1) is 6.92 Å². The lowest BCUT2D eigenvalue weighted by Crippen LogP contribution is -2.28. The Labute approximate surface area is 98.8 Å². The van der Waals surface area contributed by atoms with Crippen LogP contribution in [0.5, 0.6) is 0 Å². The average molecular weight is 221 g/mol. The van der Waals surface area contributed by atoms with E-state index in [1.54, 1.807) is 0 Å². The summed E-state index contributed by atoms with van der Waals surface area (Å²) < 4.78 is 5.50. The highest BCUT2D eigenvalue weighted by molar-refractivity contribution is 5.25. The molecule has 0 bridgehead atoms. The smallest absolute Gasteiger partial charge is 0.0621 e. The van der Waals surface area contributed by atoms with Gasteiger partial charge in [-0.2, -0.15) is 0 Å². The summed E-state index contributed by atoms with van der Waals surface area (Å²) in [5.41, 5.74) is 8.73. The normalized spacial score (nSPS) is 13.1. The predicted molar refractivity (Wildman–Crippen MR) is 68.6 cm³/mol. The Morgan fingerprint density at radius 2 is 1.94 bits per heavy atom. The number of hydrogen-bond donors (Lipinski definition) is 1. The minimum absolute atomic E-state index is 0.141. The van der Waals surface area contributed by atoms with Crippen molar-refractivity contribution in [3.63, 3.8) is 0 Å². The highest BCUT2D eigenvalue weighted by Crippen LogP contribution is 2.10. The Hall–Kier alpha value is -0.860. The molecule has 1 unspecified atom stereocenters. The molecule has 2 N–H and O–H groups in total. The van der Waals surface area contributed by atoms with Crippen molar-refractivity contribution in [2.75, 3.05) is 6.61 Å². The SMILES string of the molecule is Cc1ccccc1CCC(N)COC(C)C. The van der Waals surface area contributed by atoms with Crippen molar-refractivity contribution in [2.24, 2.45) is 5.73 Å². The molecule has 0 spiro atoms. The van der Waals surface area contributed by atoms with E-state index in [9.17, 15) is 0 Å². The lowest BCUT2D eigenvalue weighted by atomic mass is 10.0. The summed E-state index contributed by atoms with van der Waals surface area (Å²) in [6.07, 6.45) is 2.29. The van der Waals surface area contributed by atoms with E-state index in [1.165, 1.54) is 11.1 Å². The first kappa shape index (κ1) is 13.2. The Bertz CT molecular complexity index is 309. The van der Waals surface area contributed by atoms with Gasteiger partial charge in [-0.15, -0.1) is 0 Å². The van der Waals surface area contributed by atoms with Crippen molar-refractivity contribution in [2.45, 2.75) is 45.8 Å². The standard InChI is InChI=1S/C14H23NO/c1-11(2)16-10-14(15)9-8-13-7-5-4-6-12(13)3/h4-7,11,14H,8-10,15H2,1-3H3. The molecule has 0 amide bonds. The van der Waals surface area contributed by atoms with Crippen LogP contribution in [0.2, 0.25) is 0 Å². The Morgan fingerprint density at radius 3 is 2.56 bits per heavy atom. The molecular weight excluding hydrogens is 198 g/mol. The van der Waals surface area contributed by atoms with Crippen LogP contribution in [0.4, 0.5) is 0 Å². The summed E-state index contributed by atoms with van der Waals surface area (Å²) in [5.74, 6) is 0. The topological polar surface area (TPSA) is 35.2 Å². The zero-order valence-corrected chi connectivity index (χ0v) is 10.6. The van der Waals surface area contributed by atoms with E-state index in [0.29, 0.717) is 6.61 Å². The van der Waals surface area contributed by atoms with Crippen LogP contribution in [0.1, 0.15) is 31.4 Å². The monoisotopic (exact) mass is 221 g/mol. The van der Waals surface area contributed by atoms with Crippen molar-refractivity contribution >= 4 is 0 Å². The second-order valence-corrected chi connectivity index (χ2v) is 4.61. The summed E-state index contributed by atoms with van der Waals surface area (Å²) in [6.45, 7) is 6.87. The fraction of sp³-hybridized carbons (Fsp3) is 0.571. The maximum absolute atomic E-state index is 5.99. The molecule has 2 nitrogen and oxygen atoms in total. The van der Waals surface area contributed by atoms with Crippen molar-refractivity contribution in [1.82, 2.24) is 0 Å². The van der Waals surface area contributed by atoms with E-state index < -0.39 is 0 Å². The molecule has 0 saturated heterocycles. The maximum atomic E-state index is 5.99. The van der Waals surface area contributed by atoms with Crippen molar-refractivity contribution < 1.29 is 4.74 Å². The number of rotatable bonds is 6. The van der Waals surface area contributed by atoms with Crippen LogP contribution in [0.25, 0.3) is 0 Å². The summed E-state index contributed by atoms with van der Waals surface area (Å²) >= 11 is 0. The van der Waals surface area contributed by atoms with Gasteiger partial charge in [-0.1, -0.05) is 24.3 Å². The number of hydrogen-bond acceptors (Lipinski definition) is 2. The molecule has 2 heteroatoms. The van der Waals surface area contributed by atoms with Gasteiger partial charge >= 0.3 is 0 Å². The molecule has 1 rings (SSSR count). The highest BCUT2D eigenvalue weighted by Gasteiger charge is 2.05. The molecule has 1 aromatic carbocycles. The van der Waals surface area contributed by atoms with Crippen LogP contribution in [0.15, 0.2) is 24.3 Å². The Morgan fingerprint density at radius 1 is 1.25 bits per heavy atom. The molecule has 0 aliphatic heterocycles. The van der Waals surface area contributed by atoms with Crippen LogP contribution in [-0.2, 0) is 11.2 Å². The highest BCUT2D eigenvalue weighted by atomic mass is 16.5.